The van der Waals surface area contributed by atoms with Gasteiger partial charge in [0.1, 0.15) is 0 Å². The number of nitrogens with zero attached hydrogens (tertiary/aromatic N) is 1. The van der Waals surface area contributed by atoms with Crippen LogP contribution < -0.4 is 5.56 Å². The normalized spacial score (nSPS) is 10.7. The Morgan fingerprint density at radius 1 is 1.25 bits per heavy atom. The number of hydrogen-bond acceptors (Lipinski definition) is 1. The van der Waals surface area contributed by atoms with Crippen molar-refractivity contribution in [3.8, 4) is 11.3 Å². The van der Waals surface area contributed by atoms with Crippen LogP contribution in [0.25, 0.3) is 11.3 Å². The molecule has 1 aromatic carbocycles. The lowest BCUT2D eigenvalue weighted by molar-refractivity contribution is 0.639. The van der Waals surface area contributed by atoms with Gasteiger partial charge in [-0.15, -0.1) is 0 Å². The van der Waals surface area contributed by atoms with Gasteiger partial charge in [-0.25, -0.2) is 0 Å². The third-order valence-electron chi connectivity index (χ3n) is 2.92. The van der Waals surface area contributed by atoms with E-state index < -0.39 is 0 Å². The van der Waals surface area contributed by atoms with Crippen LogP contribution in [0.5, 0.6) is 0 Å². The predicted molar refractivity (Wildman–Crippen MR) is 65.6 cm³/mol. The Labute approximate surface area is 94.7 Å². The van der Waals surface area contributed by atoms with Gasteiger partial charge in [0, 0.05) is 17.7 Å². The summed E-state index contributed by atoms with van der Waals surface area (Å²) in [6, 6.07) is 8.08. The van der Waals surface area contributed by atoms with Crippen molar-refractivity contribution in [3.63, 3.8) is 0 Å². The molecular formula is C13H16N2O. The van der Waals surface area contributed by atoms with E-state index in [0.29, 0.717) is 6.54 Å². The summed E-state index contributed by atoms with van der Waals surface area (Å²) >= 11 is 0. The molecule has 0 fully saturated rings. The average molecular weight is 216 g/mol. The van der Waals surface area contributed by atoms with E-state index in [2.05, 4.69) is 18.1 Å². The van der Waals surface area contributed by atoms with Crippen molar-refractivity contribution in [3.05, 3.63) is 45.7 Å². The first-order valence-electron chi connectivity index (χ1n) is 5.50. The van der Waals surface area contributed by atoms with E-state index in [4.69, 9.17) is 0 Å². The van der Waals surface area contributed by atoms with Crippen LogP contribution in [0.4, 0.5) is 0 Å². The molecule has 16 heavy (non-hydrogen) atoms. The number of benzene rings is 1. The minimum Gasteiger partial charge on any atom is -0.295 e. The lowest BCUT2D eigenvalue weighted by atomic mass is 10.0. The molecule has 2 rings (SSSR count). The number of hydrogen-bond donors (Lipinski definition) is 1. The van der Waals surface area contributed by atoms with Gasteiger partial charge in [-0.05, 0) is 26.3 Å². The molecule has 0 spiro atoms. The van der Waals surface area contributed by atoms with Gasteiger partial charge in [-0.1, -0.05) is 24.3 Å². The summed E-state index contributed by atoms with van der Waals surface area (Å²) in [6.45, 7) is 6.55. The molecule has 0 bridgehead atoms. The maximum atomic E-state index is 11.8. The molecule has 1 N–H and O–H groups in total. The Morgan fingerprint density at radius 3 is 2.50 bits per heavy atom. The van der Waals surface area contributed by atoms with Crippen molar-refractivity contribution in [1.29, 1.82) is 0 Å². The quantitative estimate of drug-likeness (QED) is 0.822. The Morgan fingerprint density at radius 2 is 1.94 bits per heavy atom. The number of aromatic amines is 1. The Balaban J connectivity index is 2.66. The largest absolute Gasteiger partial charge is 0.295 e. The molecule has 0 aliphatic heterocycles. The van der Waals surface area contributed by atoms with Crippen LogP contribution in [0, 0.1) is 13.8 Å². The van der Waals surface area contributed by atoms with E-state index in [0.717, 1.165) is 16.8 Å². The van der Waals surface area contributed by atoms with Crippen LogP contribution in [-0.4, -0.2) is 9.78 Å². The smallest absolute Gasteiger partial charge is 0.269 e. The summed E-state index contributed by atoms with van der Waals surface area (Å²) in [7, 11) is 0. The van der Waals surface area contributed by atoms with E-state index in [1.807, 2.05) is 32.0 Å². The Kier molecular flexibility index (Phi) is 2.69. The minimum absolute atomic E-state index is 0.0701. The summed E-state index contributed by atoms with van der Waals surface area (Å²) in [5.74, 6) is 0. The van der Waals surface area contributed by atoms with Crippen LogP contribution in [0.3, 0.4) is 0 Å². The molecular weight excluding hydrogens is 200 g/mol. The molecule has 84 valence electrons. The number of rotatable bonds is 2. The predicted octanol–water partition coefficient (Wildman–Crippen LogP) is 2.48. The average Bonchev–Trinajstić information content (AvgIpc) is 2.57. The highest BCUT2D eigenvalue weighted by atomic mass is 16.1. The molecule has 0 amide bonds. The maximum Gasteiger partial charge on any atom is 0.269 e. The van der Waals surface area contributed by atoms with Crippen LogP contribution in [-0.2, 0) is 6.54 Å². The number of aryl methyl sites for hydroxylation is 2. The maximum absolute atomic E-state index is 11.8. The zero-order valence-corrected chi connectivity index (χ0v) is 9.87. The first-order valence-corrected chi connectivity index (χ1v) is 5.50. The fourth-order valence-electron chi connectivity index (χ4n) is 1.92. The van der Waals surface area contributed by atoms with Gasteiger partial charge in [0.2, 0.25) is 0 Å². The molecule has 0 saturated carbocycles. The first-order chi connectivity index (χ1) is 7.65. The van der Waals surface area contributed by atoms with Gasteiger partial charge in [0.25, 0.3) is 5.56 Å². The number of aromatic nitrogens is 2. The summed E-state index contributed by atoms with van der Waals surface area (Å²) in [4.78, 5) is 11.8. The van der Waals surface area contributed by atoms with Gasteiger partial charge in [-0.2, -0.15) is 0 Å². The Hall–Kier alpha value is -1.77. The van der Waals surface area contributed by atoms with Crippen molar-refractivity contribution in [2.75, 3.05) is 0 Å². The standard InChI is InChI=1S/C13H16N2O/c1-4-15-13(16)10(3)12(14-15)11-8-6-5-7-9(11)2/h5-8,14H,4H2,1-3H3. The molecule has 1 heterocycles. The van der Waals surface area contributed by atoms with E-state index in [1.165, 1.54) is 5.56 Å². The van der Waals surface area contributed by atoms with E-state index in [9.17, 15) is 4.79 Å². The summed E-state index contributed by atoms with van der Waals surface area (Å²) in [5.41, 5.74) is 4.07. The molecule has 3 heteroatoms. The van der Waals surface area contributed by atoms with Gasteiger partial charge >= 0.3 is 0 Å². The summed E-state index contributed by atoms with van der Waals surface area (Å²) in [5, 5.41) is 3.16. The van der Waals surface area contributed by atoms with Crippen LogP contribution in [0.2, 0.25) is 0 Å². The number of nitrogens with one attached hydrogen (secondary N) is 1. The lowest BCUT2D eigenvalue weighted by Crippen LogP contribution is -2.16. The molecule has 1 aromatic heterocycles. The molecule has 0 unspecified atom stereocenters. The molecule has 0 aliphatic carbocycles. The third kappa shape index (κ3) is 1.58. The SMILES string of the molecule is CCn1[nH]c(-c2ccccc2C)c(C)c1=O. The zero-order chi connectivity index (χ0) is 11.7. The van der Waals surface area contributed by atoms with Crippen molar-refractivity contribution in [2.45, 2.75) is 27.3 Å². The first kappa shape index (κ1) is 10.7. The fourth-order valence-corrected chi connectivity index (χ4v) is 1.92. The molecule has 0 atom stereocenters. The second kappa shape index (κ2) is 4.00. The molecule has 3 nitrogen and oxygen atoms in total. The topological polar surface area (TPSA) is 37.8 Å². The van der Waals surface area contributed by atoms with Crippen molar-refractivity contribution >= 4 is 0 Å². The van der Waals surface area contributed by atoms with Gasteiger partial charge in [0.15, 0.2) is 0 Å². The van der Waals surface area contributed by atoms with Crippen molar-refractivity contribution in [1.82, 2.24) is 9.78 Å². The van der Waals surface area contributed by atoms with Crippen molar-refractivity contribution < 1.29 is 0 Å². The van der Waals surface area contributed by atoms with Gasteiger partial charge in [0.05, 0.1) is 5.69 Å². The van der Waals surface area contributed by atoms with Gasteiger partial charge in [-0.3, -0.25) is 14.6 Å². The molecule has 0 saturated heterocycles. The van der Waals surface area contributed by atoms with Crippen LogP contribution >= 0.6 is 0 Å². The second-order valence-electron chi connectivity index (χ2n) is 3.98. The highest BCUT2D eigenvalue weighted by Crippen LogP contribution is 2.22. The molecule has 0 aliphatic rings. The number of H-pyrrole nitrogens is 1. The second-order valence-corrected chi connectivity index (χ2v) is 3.98. The van der Waals surface area contributed by atoms with E-state index in [1.54, 1.807) is 4.68 Å². The van der Waals surface area contributed by atoms with E-state index in [-0.39, 0.29) is 5.56 Å². The highest BCUT2D eigenvalue weighted by Gasteiger charge is 2.11. The molecule has 0 radical (unpaired) electrons. The summed E-state index contributed by atoms with van der Waals surface area (Å²) in [6.07, 6.45) is 0. The lowest BCUT2D eigenvalue weighted by Gasteiger charge is -2.03. The third-order valence-corrected chi connectivity index (χ3v) is 2.92. The van der Waals surface area contributed by atoms with Crippen LogP contribution in [0.15, 0.2) is 29.1 Å². The minimum atomic E-state index is 0.0701. The van der Waals surface area contributed by atoms with Crippen LogP contribution in [0.1, 0.15) is 18.1 Å². The zero-order valence-electron chi connectivity index (χ0n) is 9.87. The molecule has 2 aromatic rings. The van der Waals surface area contributed by atoms with Crippen molar-refractivity contribution in [2.24, 2.45) is 0 Å². The summed E-state index contributed by atoms with van der Waals surface area (Å²) < 4.78 is 1.64. The fraction of sp³-hybridized carbons (Fsp3) is 0.308. The monoisotopic (exact) mass is 216 g/mol. The van der Waals surface area contributed by atoms with E-state index >= 15 is 0 Å². The van der Waals surface area contributed by atoms with Gasteiger partial charge < -0.3 is 0 Å². The Bertz CT molecular complexity index is 564. The highest BCUT2D eigenvalue weighted by molar-refractivity contribution is 5.65.